The summed E-state index contributed by atoms with van der Waals surface area (Å²) in [5.41, 5.74) is 4.15. The molecule has 1 atom stereocenters. The molecule has 0 spiro atoms. The number of carbonyl (C=O) groups is 1. The lowest BCUT2D eigenvalue weighted by molar-refractivity contribution is -0.161. The van der Waals surface area contributed by atoms with Gasteiger partial charge in [-0.3, -0.25) is 4.79 Å². The van der Waals surface area contributed by atoms with Gasteiger partial charge in [-0.1, -0.05) is 24.3 Å². The minimum absolute atomic E-state index is 0.0233. The number of carbonyl (C=O) groups excluding carboxylic acids is 1. The first-order valence-electron chi connectivity index (χ1n) is 11.2. The molecule has 172 valence electrons. The van der Waals surface area contributed by atoms with Crippen molar-refractivity contribution in [2.24, 2.45) is 0 Å². The highest BCUT2D eigenvalue weighted by atomic mass is 16.7. The van der Waals surface area contributed by atoms with Crippen molar-refractivity contribution >= 4 is 5.91 Å². The second-order valence-corrected chi connectivity index (χ2v) is 7.92. The third-order valence-electron chi connectivity index (χ3n) is 5.93. The second kappa shape index (κ2) is 10.7. The van der Waals surface area contributed by atoms with E-state index in [0.29, 0.717) is 36.7 Å². The average Bonchev–Trinajstić information content (AvgIpc) is 3.31. The zero-order valence-electron chi connectivity index (χ0n) is 18.8. The maximum absolute atomic E-state index is 12.0. The van der Waals surface area contributed by atoms with Gasteiger partial charge in [-0.25, -0.2) is 0 Å². The lowest BCUT2D eigenvalue weighted by atomic mass is 9.91. The van der Waals surface area contributed by atoms with Crippen LogP contribution in [0.1, 0.15) is 36.8 Å². The van der Waals surface area contributed by atoms with Crippen molar-refractivity contribution in [3.05, 3.63) is 41.5 Å². The van der Waals surface area contributed by atoms with Gasteiger partial charge in [-0.2, -0.15) is 0 Å². The molecule has 32 heavy (non-hydrogen) atoms. The van der Waals surface area contributed by atoms with E-state index in [-0.39, 0.29) is 19.0 Å². The third kappa shape index (κ3) is 5.00. The minimum atomic E-state index is -0.107. The van der Waals surface area contributed by atoms with Crippen molar-refractivity contribution in [1.29, 1.82) is 0 Å². The van der Waals surface area contributed by atoms with Gasteiger partial charge in [-0.15, -0.1) is 0 Å². The van der Waals surface area contributed by atoms with Gasteiger partial charge in [-0.05, 0) is 54.9 Å². The van der Waals surface area contributed by atoms with Crippen molar-refractivity contribution < 1.29 is 28.5 Å². The smallest absolute Gasteiger partial charge is 0.231 e. The van der Waals surface area contributed by atoms with Crippen molar-refractivity contribution in [1.82, 2.24) is 5.32 Å². The first-order valence-corrected chi connectivity index (χ1v) is 11.2. The van der Waals surface area contributed by atoms with Gasteiger partial charge in [0.25, 0.3) is 0 Å². The Bertz CT molecular complexity index is 938. The Morgan fingerprint density at radius 2 is 2.03 bits per heavy atom. The summed E-state index contributed by atoms with van der Waals surface area (Å²) in [5, 5.41) is 2.69. The van der Waals surface area contributed by atoms with Crippen LogP contribution in [0.25, 0.3) is 11.1 Å². The fraction of sp³-hybridized carbons (Fsp3) is 0.480. The molecule has 0 aromatic heterocycles. The molecule has 0 bridgehead atoms. The van der Waals surface area contributed by atoms with Gasteiger partial charge in [0.2, 0.25) is 18.4 Å². The topological polar surface area (TPSA) is 75.3 Å². The van der Waals surface area contributed by atoms with Crippen LogP contribution in [0.5, 0.6) is 17.2 Å². The molecule has 1 amide bonds. The highest BCUT2D eigenvalue weighted by Gasteiger charge is 2.27. The monoisotopic (exact) mass is 441 g/mol. The number of nitrogens with one attached hydrogen (secondary N) is 1. The quantitative estimate of drug-likeness (QED) is 0.637. The lowest BCUT2D eigenvalue weighted by Gasteiger charge is -2.23. The molecule has 2 aliphatic rings. The molecule has 2 heterocycles. The predicted octanol–water partition coefficient (Wildman–Crippen LogP) is 3.86. The molecule has 2 aliphatic heterocycles. The number of ether oxygens (including phenoxy) is 5. The fourth-order valence-electron chi connectivity index (χ4n) is 4.26. The fourth-order valence-corrected chi connectivity index (χ4v) is 4.26. The van der Waals surface area contributed by atoms with Gasteiger partial charge < -0.3 is 29.0 Å². The first-order chi connectivity index (χ1) is 15.7. The van der Waals surface area contributed by atoms with E-state index in [1.165, 1.54) is 0 Å². The molecule has 2 aromatic rings. The van der Waals surface area contributed by atoms with E-state index in [0.717, 1.165) is 54.5 Å². The van der Waals surface area contributed by atoms with Crippen molar-refractivity contribution in [2.45, 2.75) is 44.8 Å². The van der Waals surface area contributed by atoms with Gasteiger partial charge in [0, 0.05) is 25.6 Å². The van der Waals surface area contributed by atoms with Crippen LogP contribution in [-0.2, 0) is 27.1 Å². The molecule has 0 aliphatic carbocycles. The summed E-state index contributed by atoms with van der Waals surface area (Å²) in [5.74, 6) is 1.85. The van der Waals surface area contributed by atoms with E-state index >= 15 is 0 Å². The molecule has 2 aromatic carbocycles. The minimum Gasteiger partial charge on any atom is -0.492 e. The number of rotatable bonds is 9. The number of fused-ring (bicyclic) bond motifs is 1. The highest BCUT2D eigenvalue weighted by Crippen LogP contribution is 2.48. The van der Waals surface area contributed by atoms with Crippen LogP contribution in [0.3, 0.4) is 0 Å². The lowest BCUT2D eigenvalue weighted by Crippen LogP contribution is -2.23. The Morgan fingerprint density at radius 1 is 1.16 bits per heavy atom. The molecule has 7 heteroatoms. The SMILES string of the molecule is CNC(=O)CCc1c(-c2ccccc2CCOC2CCCCO2)cc2c(c1OC)OCO2. The van der Waals surface area contributed by atoms with Gasteiger partial charge in [0.15, 0.2) is 17.8 Å². The van der Waals surface area contributed by atoms with E-state index in [2.05, 4.69) is 17.4 Å². The number of methoxy groups -OCH3 is 1. The Labute approximate surface area is 189 Å². The van der Waals surface area contributed by atoms with Crippen molar-refractivity contribution in [3.8, 4) is 28.4 Å². The summed E-state index contributed by atoms with van der Waals surface area (Å²) in [6.45, 7) is 1.50. The summed E-state index contributed by atoms with van der Waals surface area (Å²) < 4.78 is 28.8. The van der Waals surface area contributed by atoms with E-state index in [1.807, 2.05) is 18.2 Å². The molecule has 1 N–H and O–H groups in total. The predicted molar refractivity (Wildman–Crippen MR) is 120 cm³/mol. The molecular weight excluding hydrogens is 410 g/mol. The van der Waals surface area contributed by atoms with Gasteiger partial charge >= 0.3 is 0 Å². The van der Waals surface area contributed by atoms with Crippen LogP contribution in [-0.4, -0.2) is 46.4 Å². The van der Waals surface area contributed by atoms with Crippen molar-refractivity contribution in [3.63, 3.8) is 0 Å². The molecule has 4 rings (SSSR count). The number of benzene rings is 2. The molecule has 7 nitrogen and oxygen atoms in total. The Kier molecular flexibility index (Phi) is 7.50. The van der Waals surface area contributed by atoms with Gasteiger partial charge in [0.1, 0.15) is 0 Å². The number of hydrogen-bond donors (Lipinski definition) is 1. The van der Waals surface area contributed by atoms with E-state index in [9.17, 15) is 4.79 Å². The summed E-state index contributed by atoms with van der Waals surface area (Å²) in [7, 11) is 3.26. The third-order valence-corrected chi connectivity index (χ3v) is 5.93. The molecule has 1 unspecified atom stereocenters. The molecular formula is C25H31NO6. The van der Waals surface area contributed by atoms with E-state index in [4.69, 9.17) is 23.7 Å². The maximum Gasteiger partial charge on any atom is 0.231 e. The Morgan fingerprint density at radius 3 is 2.81 bits per heavy atom. The number of amides is 1. The Hall–Kier alpha value is -2.77. The number of hydrogen-bond acceptors (Lipinski definition) is 6. The van der Waals surface area contributed by atoms with Crippen LogP contribution in [0.4, 0.5) is 0 Å². The van der Waals surface area contributed by atoms with Crippen LogP contribution >= 0.6 is 0 Å². The largest absolute Gasteiger partial charge is 0.492 e. The maximum atomic E-state index is 12.0. The summed E-state index contributed by atoms with van der Waals surface area (Å²) in [6.07, 6.45) is 4.72. The first kappa shape index (κ1) is 22.4. The molecule has 1 saturated heterocycles. The van der Waals surface area contributed by atoms with Crippen LogP contribution < -0.4 is 19.5 Å². The zero-order valence-corrected chi connectivity index (χ0v) is 18.8. The zero-order chi connectivity index (χ0) is 22.3. The van der Waals surface area contributed by atoms with E-state index in [1.54, 1.807) is 14.2 Å². The summed E-state index contributed by atoms with van der Waals surface area (Å²) in [4.78, 5) is 12.0. The van der Waals surface area contributed by atoms with Crippen LogP contribution in [0.15, 0.2) is 30.3 Å². The van der Waals surface area contributed by atoms with Gasteiger partial charge in [0.05, 0.1) is 13.7 Å². The van der Waals surface area contributed by atoms with Crippen molar-refractivity contribution in [2.75, 3.05) is 34.2 Å². The standard InChI is InChI=1S/C25H31NO6/c1-26-22(27)11-10-19-20(15-21-25(24(19)28-2)32-16-31-21)18-8-4-3-7-17(18)12-14-30-23-9-5-6-13-29-23/h3-4,7-8,15,23H,5-6,9-14,16H2,1-2H3,(H,26,27). The molecule has 0 radical (unpaired) electrons. The molecule has 0 saturated carbocycles. The average molecular weight is 442 g/mol. The summed E-state index contributed by atoms with van der Waals surface area (Å²) in [6, 6.07) is 10.2. The normalized spacial score (nSPS) is 17.2. The molecule has 1 fully saturated rings. The van der Waals surface area contributed by atoms with E-state index < -0.39 is 0 Å². The Balaban J connectivity index is 1.64. The van der Waals surface area contributed by atoms with Crippen LogP contribution in [0, 0.1) is 0 Å². The summed E-state index contributed by atoms with van der Waals surface area (Å²) >= 11 is 0. The highest BCUT2D eigenvalue weighted by molar-refractivity contribution is 5.80. The van der Waals surface area contributed by atoms with Crippen LogP contribution in [0.2, 0.25) is 0 Å². The second-order valence-electron chi connectivity index (χ2n) is 7.92.